The Kier molecular flexibility index (Phi) is 4.64. The molecule has 0 saturated heterocycles. The predicted molar refractivity (Wildman–Crippen MR) is 97.5 cm³/mol. The molecule has 0 saturated carbocycles. The van der Waals surface area contributed by atoms with E-state index in [0.29, 0.717) is 16.9 Å². The van der Waals surface area contributed by atoms with Gasteiger partial charge in [-0.05, 0) is 51.0 Å². The SMILES string of the molecule is Cc1cc(C)c(OC(=O)CCN2C(=O)c3ccc(C)cc3C2=O)c(C)c1. The van der Waals surface area contributed by atoms with Gasteiger partial charge in [0.15, 0.2) is 0 Å². The molecule has 1 aliphatic heterocycles. The molecule has 0 unspecified atom stereocenters. The summed E-state index contributed by atoms with van der Waals surface area (Å²) in [7, 11) is 0. The van der Waals surface area contributed by atoms with Crippen LogP contribution in [0.15, 0.2) is 30.3 Å². The van der Waals surface area contributed by atoms with Crippen molar-refractivity contribution in [1.29, 1.82) is 0 Å². The highest BCUT2D eigenvalue weighted by molar-refractivity contribution is 6.21. The molecular formula is C21H21NO4. The molecule has 0 radical (unpaired) electrons. The number of benzene rings is 2. The summed E-state index contributed by atoms with van der Waals surface area (Å²) < 4.78 is 5.47. The van der Waals surface area contributed by atoms with Crippen molar-refractivity contribution in [1.82, 2.24) is 4.90 Å². The fourth-order valence-electron chi connectivity index (χ4n) is 3.30. The van der Waals surface area contributed by atoms with E-state index in [2.05, 4.69) is 0 Å². The summed E-state index contributed by atoms with van der Waals surface area (Å²) in [5.41, 5.74) is 4.56. The van der Waals surface area contributed by atoms with Crippen molar-refractivity contribution < 1.29 is 19.1 Å². The van der Waals surface area contributed by atoms with Crippen molar-refractivity contribution >= 4 is 17.8 Å². The monoisotopic (exact) mass is 351 g/mol. The molecule has 0 aliphatic carbocycles. The van der Waals surface area contributed by atoms with E-state index in [9.17, 15) is 14.4 Å². The molecular weight excluding hydrogens is 330 g/mol. The van der Waals surface area contributed by atoms with Gasteiger partial charge in [0, 0.05) is 6.54 Å². The average molecular weight is 351 g/mol. The molecule has 0 spiro atoms. The second kappa shape index (κ2) is 6.75. The van der Waals surface area contributed by atoms with Gasteiger partial charge in [-0.2, -0.15) is 0 Å². The minimum Gasteiger partial charge on any atom is -0.426 e. The van der Waals surface area contributed by atoms with Gasteiger partial charge >= 0.3 is 5.97 Å². The maximum absolute atomic E-state index is 12.4. The first-order valence-corrected chi connectivity index (χ1v) is 8.53. The van der Waals surface area contributed by atoms with Crippen LogP contribution < -0.4 is 4.74 Å². The third-order valence-electron chi connectivity index (χ3n) is 4.49. The van der Waals surface area contributed by atoms with Crippen molar-refractivity contribution in [2.45, 2.75) is 34.1 Å². The van der Waals surface area contributed by atoms with Crippen LogP contribution in [-0.2, 0) is 4.79 Å². The summed E-state index contributed by atoms with van der Waals surface area (Å²) in [6.45, 7) is 7.62. The predicted octanol–water partition coefficient (Wildman–Crippen LogP) is 3.51. The van der Waals surface area contributed by atoms with Crippen molar-refractivity contribution in [3.05, 3.63) is 63.7 Å². The number of carbonyl (C=O) groups excluding carboxylic acids is 3. The number of fused-ring (bicyclic) bond motifs is 1. The van der Waals surface area contributed by atoms with Crippen LogP contribution in [0.4, 0.5) is 0 Å². The molecule has 1 aliphatic rings. The summed E-state index contributed by atoms with van der Waals surface area (Å²) >= 11 is 0. The molecule has 2 amide bonds. The molecule has 3 rings (SSSR count). The first kappa shape index (κ1) is 17.9. The third-order valence-corrected chi connectivity index (χ3v) is 4.49. The number of carbonyl (C=O) groups is 3. The number of esters is 1. The summed E-state index contributed by atoms with van der Waals surface area (Å²) in [4.78, 5) is 38.2. The third kappa shape index (κ3) is 3.25. The Balaban J connectivity index is 1.68. The molecule has 1 heterocycles. The average Bonchev–Trinajstić information content (AvgIpc) is 2.79. The lowest BCUT2D eigenvalue weighted by molar-refractivity contribution is -0.134. The Morgan fingerprint density at radius 3 is 2.15 bits per heavy atom. The minimum absolute atomic E-state index is 0.00812. The molecule has 0 atom stereocenters. The van der Waals surface area contributed by atoms with Crippen molar-refractivity contribution in [3.63, 3.8) is 0 Å². The molecule has 26 heavy (non-hydrogen) atoms. The van der Waals surface area contributed by atoms with Crippen LogP contribution in [-0.4, -0.2) is 29.2 Å². The maximum Gasteiger partial charge on any atom is 0.313 e. The topological polar surface area (TPSA) is 63.7 Å². The van der Waals surface area contributed by atoms with Gasteiger partial charge in [0.25, 0.3) is 11.8 Å². The molecule has 2 aromatic rings. The summed E-state index contributed by atoms with van der Waals surface area (Å²) in [5.74, 6) is -0.643. The standard InChI is InChI=1S/C21H21NO4/c1-12-5-6-16-17(11-12)21(25)22(20(16)24)8-7-18(23)26-19-14(3)9-13(2)10-15(19)4/h5-6,9-11H,7-8H2,1-4H3. The van der Waals surface area contributed by atoms with Crippen LogP contribution in [0, 0.1) is 27.7 Å². The summed E-state index contributed by atoms with van der Waals surface area (Å²) in [6.07, 6.45) is -0.0444. The Labute approximate surface area is 152 Å². The van der Waals surface area contributed by atoms with Gasteiger partial charge in [0.05, 0.1) is 17.5 Å². The number of imide groups is 1. The lowest BCUT2D eigenvalue weighted by Gasteiger charge is -2.15. The van der Waals surface area contributed by atoms with Gasteiger partial charge in [-0.15, -0.1) is 0 Å². The molecule has 5 heteroatoms. The van der Waals surface area contributed by atoms with Crippen LogP contribution in [0.3, 0.4) is 0 Å². The van der Waals surface area contributed by atoms with Crippen molar-refractivity contribution in [2.24, 2.45) is 0 Å². The number of rotatable bonds is 4. The number of hydrogen-bond donors (Lipinski definition) is 0. The van der Waals surface area contributed by atoms with E-state index < -0.39 is 5.97 Å². The largest absolute Gasteiger partial charge is 0.426 e. The summed E-state index contributed by atoms with van der Waals surface area (Å²) in [5, 5.41) is 0. The Bertz CT molecular complexity index is 907. The number of hydrogen-bond acceptors (Lipinski definition) is 4. The van der Waals surface area contributed by atoms with E-state index in [1.165, 1.54) is 0 Å². The zero-order chi connectivity index (χ0) is 19.0. The Hall–Kier alpha value is -2.95. The van der Waals surface area contributed by atoms with Gasteiger partial charge in [-0.25, -0.2) is 0 Å². The molecule has 0 N–H and O–H groups in total. The first-order valence-electron chi connectivity index (χ1n) is 8.53. The smallest absolute Gasteiger partial charge is 0.313 e. The van der Waals surface area contributed by atoms with Crippen LogP contribution in [0.25, 0.3) is 0 Å². The van der Waals surface area contributed by atoms with Crippen LogP contribution in [0.1, 0.15) is 49.4 Å². The van der Waals surface area contributed by atoms with E-state index in [1.54, 1.807) is 18.2 Å². The fourth-order valence-corrected chi connectivity index (χ4v) is 3.30. The normalized spacial score (nSPS) is 13.2. The molecule has 0 aromatic heterocycles. The highest BCUT2D eigenvalue weighted by Gasteiger charge is 2.35. The van der Waals surface area contributed by atoms with Gasteiger partial charge in [-0.3, -0.25) is 19.3 Å². The molecule has 134 valence electrons. The van der Waals surface area contributed by atoms with Crippen LogP contribution in [0.5, 0.6) is 5.75 Å². The highest BCUT2D eigenvalue weighted by Crippen LogP contribution is 2.26. The van der Waals surface area contributed by atoms with Crippen molar-refractivity contribution in [2.75, 3.05) is 6.54 Å². The number of aryl methyl sites for hydroxylation is 4. The number of nitrogens with zero attached hydrogens (tertiary/aromatic N) is 1. The zero-order valence-corrected chi connectivity index (χ0v) is 15.4. The quantitative estimate of drug-likeness (QED) is 0.480. The molecule has 5 nitrogen and oxygen atoms in total. The number of amides is 2. The zero-order valence-electron chi connectivity index (χ0n) is 15.4. The Morgan fingerprint density at radius 1 is 0.885 bits per heavy atom. The van der Waals surface area contributed by atoms with E-state index in [4.69, 9.17) is 4.74 Å². The lowest BCUT2D eigenvalue weighted by Crippen LogP contribution is -2.32. The van der Waals surface area contributed by atoms with E-state index in [0.717, 1.165) is 27.2 Å². The van der Waals surface area contributed by atoms with Crippen LogP contribution in [0.2, 0.25) is 0 Å². The number of ether oxygens (including phenoxy) is 1. The molecule has 0 fully saturated rings. The van der Waals surface area contributed by atoms with Gasteiger partial charge in [-0.1, -0.05) is 29.3 Å². The maximum atomic E-state index is 12.4. The fraction of sp³-hybridized carbons (Fsp3) is 0.286. The Morgan fingerprint density at radius 2 is 1.50 bits per heavy atom. The van der Waals surface area contributed by atoms with Gasteiger partial charge in [0.1, 0.15) is 5.75 Å². The second-order valence-corrected chi connectivity index (χ2v) is 6.76. The highest BCUT2D eigenvalue weighted by atomic mass is 16.5. The van der Waals surface area contributed by atoms with Crippen molar-refractivity contribution in [3.8, 4) is 5.75 Å². The van der Waals surface area contributed by atoms with Gasteiger partial charge in [0.2, 0.25) is 0 Å². The molecule has 2 aromatic carbocycles. The van der Waals surface area contributed by atoms with Crippen LogP contribution >= 0.6 is 0 Å². The second-order valence-electron chi connectivity index (χ2n) is 6.76. The molecule has 0 bridgehead atoms. The van der Waals surface area contributed by atoms with E-state index >= 15 is 0 Å². The summed E-state index contributed by atoms with van der Waals surface area (Å²) in [6, 6.07) is 9.05. The minimum atomic E-state index is -0.465. The van der Waals surface area contributed by atoms with E-state index in [-0.39, 0.29) is 24.8 Å². The lowest BCUT2D eigenvalue weighted by atomic mass is 10.1. The van der Waals surface area contributed by atoms with Gasteiger partial charge < -0.3 is 4.74 Å². The first-order chi connectivity index (χ1) is 12.3. The van der Waals surface area contributed by atoms with E-state index in [1.807, 2.05) is 39.8 Å².